The Kier molecular flexibility index (Phi) is 5.80. The van der Waals surface area contributed by atoms with Crippen LogP contribution >= 0.6 is 23.4 Å². The maximum Gasteiger partial charge on any atom is 0.277 e. The van der Waals surface area contributed by atoms with Gasteiger partial charge < -0.3 is 13.9 Å². The van der Waals surface area contributed by atoms with Gasteiger partial charge in [0.05, 0.1) is 25.0 Å². The van der Waals surface area contributed by atoms with Gasteiger partial charge in [-0.1, -0.05) is 35.5 Å². The number of hydrogen-bond donors (Lipinski definition) is 0. The lowest BCUT2D eigenvalue weighted by atomic mass is 10.1. The molecule has 8 heteroatoms. The van der Waals surface area contributed by atoms with Crippen LogP contribution < -0.4 is 9.47 Å². The maximum absolute atomic E-state index is 12.3. The minimum absolute atomic E-state index is 0.108. The smallest absolute Gasteiger partial charge is 0.277 e. The molecule has 6 nitrogen and oxygen atoms in total. The molecular weight excluding hydrogens is 376 g/mol. The number of ketones is 1. The summed E-state index contributed by atoms with van der Waals surface area (Å²) in [7, 11) is 3.13. The summed E-state index contributed by atoms with van der Waals surface area (Å²) >= 11 is 7.19. The van der Waals surface area contributed by atoms with Gasteiger partial charge in [-0.25, -0.2) is 0 Å². The summed E-state index contributed by atoms with van der Waals surface area (Å²) in [4.78, 5) is 12.3. The van der Waals surface area contributed by atoms with Crippen molar-refractivity contribution in [3.63, 3.8) is 0 Å². The average molecular weight is 391 g/mol. The van der Waals surface area contributed by atoms with Crippen molar-refractivity contribution < 1.29 is 18.7 Å². The Hall–Kier alpha value is -2.51. The number of hydrogen-bond acceptors (Lipinski definition) is 7. The Morgan fingerprint density at radius 2 is 1.81 bits per heavy atom. The first-order valence-corrected chi connectivity index (χ1v) is 8.94. The number of nitrogens with zero attached hydrogens (tertiary/aromatic N) is 2. The quantitative estimate of drug-likeness (QED) is 0.437. The number of halogens is 1. The zero-order valence-corrected chi connectivity index (χ0v) is 15.6. The van der Waals surface area contributed by atoms with E-state index in [-0.39, 0.29) is 11.5 Å². The second kappa shape index (κ2) is 8.25. The van der Waals surface area contributed by atoms with E-state index in [1.54, 1.807) is 56.7 Å². The number of aromatic nitrogens is 2. The lowest BCUT2D eigenvalue weighted by Gasteiger charge is -2.05. The molecule has 134 valence electrons. The number of thioether (sulfide) groups is 1. The number of methoxy groups -OCH3 is 2. The predicted octanol–water partition coefficient (Wildman–Crippen LogP) is 4.38. The number of carbonyl (C=O) groups excluding carboxylic acids is 1. The van der Waals surface area contributed by atoms with Crippen molar-refractivity contribution in [2.24, 2.45) is 0 Å². The third kappa shape index (κ3) is 4.17. The molecule has 26 heavy (non-hydrogen) atoms. The first kappa shape index (κ1) is 18.3. The maximum atomic E-state index is 12.3. The van der Waals surface area contributed by atoms with Gasteiger partial charge in [-0.05, 0) is 24.3 Å². The fourth-order valence-electron chi connectivity index (χ4n) is 2.21. The van der Waals surface area contributed by atoms with Crippen LogP contribution in [-0.4, -0.2) is 36.0 Å². The van der Waals surface area contributed by atoms with Gasteiger partial charge in [-0.2, -0.15) is 0 Å². The molecule has 0 saturated heterocycles. The van der Waals surface area contributed by atoms with E-state index in [9.17, 15) is 4.79 Å². The fraction of sp³-hybridized carbons (Fsp3) is 0.167. The van der Waals surface area contributed by atoms with Gasteiger partial charge in [0.15, 0.2) is 5.78 Å². The number of ether oxygens (including phenoxy) is 2. The van der Waals surface area contributed by atoms with Crippen LogP contribution in [0, 0.1) is 0 Å². The second-order valence-electron chi connectivity index (χ2n) is 5.17. The van der Waals surface area contributed by atoms with Crippen LogP contribution in [0.15, 0.2) is 52.1 Å². The average Bonchev–Trinajstić information content (AvgIpc) is 3.15. The minimum atomic E-state index is -0.108. The molecule has 3 aromatic rings. The fourth-order valence-corrected chi connectivity index (χ4v) is 3.10. The van der Waals surface area contributed by atoms with Crippen molar-refractivity contribution >= 4 is 29.1 Å². The Balaban J connectivity index is 1.72. The zero-order valence-electron chi connectivity index (χ0n) is 14.1. The minimum Gasteiger partial charge on any atom is -0.497 e. The standard InChI is InChI=1S/C18H15ClN2O4S/c1-23-12-7-11(8-13(9-12)24-2)17-20-21-18(25-17)26-10-16(22)14-5-3-4-6-15(14)19/h3-9H,10H2,1-2H3. The van der Waals surface area contributed by atoms with Gasteiger partial charge in [0.1, 0.15) is 11.5 Å². The third-order valence-electron chi connectivity index (χ3n) is 3.51. The molecule has 0 fully saturated rings. The van der Waals surface area contributed by atoms with Crippen LogP contribution in [-0.2, 0) is 0 Å². The predicted molar refractivity (Wildman–Crippen MR) is 99.3 cm³/mol. The van der Waals surface area contributed by atoms with Crippen LogP contribution in [0.1, 0.15) is 10.4 Å². The molecule has 1 aromatic heterocycles. The highest BCUT2D eigenvalue weighted by atomic mass is 35.5. The molecule has 2 aromatic carbocycles. The van der Waals surface area contributed by atoms with Gasteiger partial charge in [-0.3, -0.25) is 4.79 Å². The lowest BCUT2D eigenvalue weighted by Crippen LogP contribution is -2.02. The van der Waals surface area contributed by atoms with Crippen molar-refractivity contribution in [2.45, 2.75) is 5.22 Å². The lowest BCUT2D eigenvalue weighted by molar-refractivity contribution is 0.102. The van der Waals surface area contributed by atoms with Gasteiger partial charge in [-0.15, -0.1) is 10.2 Å². The molecule has 0 saturated carbocycles. The van der Waals surface area contributed by atoms with Gasteiger partial charge in [0.2, 0.25) is 5.89 Å². The number of rotatable bonds is 7. The molecule has 0 N–H and O–H groups in total. The first-order chi connectivity index (χ1) is 12.6. The summed E-state index contributed by atoms with van der Waals surface area (Å²) < 4.78 is 16.1. The van der Waals surface area contributed by atoms with Crippen molar-refractivity contribution in [2.75, 3.05) is 20.0 Å². The van der Waals surface area contributed by atoms with E-state index in [0.717, 1.165) is 11.8 Å². The second-order valence-corrected chi connectivity index (χ2v) is 6.50. The highest BCUT2D eigenvalue weighted by Crippen LogP contribution is 2.30. The summed E-state index contributed by atoms with van der Waals surface area (Å²) in [5.41, 5.74) is 1.14. The van der Waals surface area contributed by atoms with Crippen molar-refractivity contribution in [1.29, 1.82) is 0 Å². The number of Topliss-reactive ketones (excluding diaryl/α,β-unsaturated/α-hetero) is 1. The van der Waals surface area contributed by atoms with Crippen molar-refractivity contribution in [3.8, 4) is 23.0 Å². The molecule has 0 aliphatic carbocycles. The molecule has 0 amide bonds. The molecule has 0 aliphatic heterocycles. The Labute approximate surface area is 159 Å². The van der Waals surface area contributed by atoms with E-state index in [1.165, 1.54) is 0 Å². The van der Waals surface area contributed by atoms with Crippen LogP contribution in [0.5, 0.6) is 11.5 Å². The molecule has 0 unspecified atom stereocenters. The van der Waals surface area contributed by atoms with E-state index < -0.39 is 0 Å². The van der Waals surface area contributed by atoms with Crippen LogP contribution in [0.2, 0.25) is 5.02 Å². The van der Waals surface area contributed by atoms with E-state index in [2.05, 4.69) is 10.2 Å². The molecule has 0 spiro atoms. The molecule has 0 aliphatic rings. The highest BCUT2D eigenvalue weighted by Gasteiger charge is 2.15. The van der Waals surface area contributed by atoms with Gasteiger partial charge in [0.25, 0.3) is 5.22 Å². The van der Waals surface area contributed by atoms with Gasteiger partial charge >= 0.3 is 0 Å². The SMILES string of the molecule is COc1cc(OC)cc(-c2nnc(SCC(=O)c3ccccc3Cl)o2)c1. The molecule has 0 bridgehead atoms. The topological polar surface area (TPSA) is 74.5 Å². The zero-order chi connectivity index (χ0) is 18.5. The summed E-state index contributed by atoms with van der Waals surface area (Å²) in [5.74, 6) is 1.58. The Morgan fingerprint density at radius 1 is 1.12 bits per heavy atom. The normalized spacial score (nSPS) is 10.6. The number of carbonyl (C=O) groups is 1. The van der Waals surface area contributed by atoms with E-state index in [1.807, 2.05) is 0 Å². The van der Waals surface area contributed by atoms with Crippen molar-refractivity contribution in [3.05, 3.63) is 53.1 Å². The van der Waals surface area contributed by atoms with Crippen LogP contribution in [0.25, 0.3) is 11.5 Å². The molecule has 0 radical (unpaired) electrons. The first-order valence-electron chi connectivity index (χ1n) is 7.58. The summed E-state index contributed by atoms with van der Waals surface area (Å²) in [6, 6.07) is 12.2. The Morgan fingerprint density at radius 3 is 2.46 bits per heavy atom. The van der Waals surface area contributed by atoms with Crippen LogP contribution in [0.4, 0.5) is 0 Å². The van der Waals surface area contributed by atoms with E-state index in [0.29, 0.717) is 38.8 Å². The van der Waals surface area contributed by atoms with E-state index >= 15 is 0 Å². The molecule has 0 atom stereocenters. The van der Waals surface area contributed by atoms with Crippen molar-refractivity contribution in [1.82, 2.24) is 10.2 Å². The molecular formula is C18H15ClN2O4S. The van der Waals surface area contributed by atoms with Crippen LogP contribution in [0.3, 0.4) is 0 Å². The van der Waals surface area contributed by atoms with Gasteiger partial charge in [0, 0.05) is 17.2 Å². The summed E-state index contributed by atoms with van der Waals surface area (Å²) in [6.07, 6.45) is 0. The summed E-state index contributed by atoms with van der Waals surface area (Å²) in [6.45, 7) is 0. The third-order valence-corrected chi connectivity index (χ3v) is 4.65. The number of benzene rings is 2. The highest BCUT2D eigenvalue weighted by molar-refractivity contribution is 7.99. The summed E-state index contributed by atoms with van der Waals surface area (Å²) in [5, 5.41) is 8.71. The molecule has 1 heterocycles. The largest absolute Gasteiger partial charge is 0.497 e. The molecule has 3 rings (SSSR count). The Bertz CT molecular complexity index is 907. The van der Waals surface area contributed by atoms with E-state index in [4.69, 9.17) is 25.5 Å². The monoisotopic (exact) mass is 390 g/mol.